The van der Waals surface area contributed by atoms with Crippen molar-refractivity contribution in [3.8, 4) is 11.5 Å². The topological polar surface area (TPSA) is 105 Å². The summed E-state index contributed by atoms with van der Waals surface area (Å²) >= 11 is 6.55. The van der Waals surface area contributed by atoms with Crippen molar-refractivity contribution in [1.82, 2.24) is 10.2 Å². The van der Waals surface area contributed by atoms with Crippen LogP contribution < -0.4 is 19.1 Å². The van der Waals surface area contributed by atoms with Crippen LogP contribution in [0.25, 0.3) is 0 Å². The molecule has 4 aromatic rings. The number of benzene rings is 4. The maximum absolute atomic E-state index is 14.6. The van der Waals surface area contributed by atoms with Gasteiger partial charge < -0.3 is 19.7 Å². The van der Waals surface area contributed by atoms with Crippen LogP contribution in [0.3, 0.4) is 0 Å². The molecule has 0 saturated carbocycles. The molecule has 1 aliphatic heterocycles. The van der Waals surface area contributed by atoms with E-state index in [-0.39, 0.29) is 35.9 Å². The number of nitrogens with one attached hydrogen (secondary N) is 1. The smallest absolute Gasteiger partial charge is 0.264 e. The van der Waals surface area contributed by atoms with Crippen molar-refractivity contribution in [2.45, 2.75) is 50.2 Å². The molecule has 0 spiro atoms. The first kappa shape index (κ1) is 34.7. The van der Waals surface area contributed by atoms with E-state index < -0.39 is 45.8 Å². The number of ether oxygens (including phenoxy) is 2. The van der Waals surface area contributed by atoms with Crippen LogP contribution in [0.5, 0.6) is 11.5 Å². The largest absolute Gasteiger partial charge is 0.486 e. The Kier molecular flexibility index (Phi) is 10.6. The minimum atomic E-state index is -4.44. The van der Waals surface area contributed by atoms with Gasteiger partial charge in [0.05, 0.1) is 10.6 Å². The minimum absolute atomic E-state index is 0.0519. The molecule has 0 saturated heterocycles. The van der Waals surface area contributed by atoms with Crippen LogP contribution in [0.15, 0.2) is 102 Å². The highest BCUT2D eigenvalue weighted by atomic mass is 35.5. The van der Waals surface area contributed by atoms with E-state index in [4.69, 9.17) is 21.1 Å². The Morgan fingerprint density at radius 1 is 0.896 bits per heavy atom. The van der Waals surface area contributed by atoms with Gasteiger partial charge in [-0.1, -0.05) is 60.1 Å². The van der Waals surface area contributed by atoms with Gasteiger partial charge in [0, 0.05) is 29.6 Å². The van der Waals surface area contributed by atoms with Gasteiger partial charge in [-0.3, -0.25) is 13.9 Å². The Bertz CT molecular complexity index is 1870. The third kappa shape index (κ3) is 8.45. The molecule has 4 aromatic carbocycles. The number of fused-ring (bicyclic) bond motifs is 1. The lowest BCUT2D eigenvalue weighted by atomic mass is 10.0. The zero-order chi connectivity index (χ0) is 34.5. The molecule has 1 atom stereocenters. The van der Waals surface area contributed by atoms with E-state index in [0.29, 0.717) is 22.9 Å². The molecule has 0 fully saturated rings. The molecule has 48 heavy (non-hydrogen) atoms. The second kappa shape index (κ2) is 14.7. The Labute approximate surface area is 285 Å². The minimum Gasteiger partial charge on any atom is -0.486 e. The average molecular weight is 694 g/mol. The van der Waals surface area contributed by atoms with Crippen LogP contribution in [0.2, 0.25) is 5.02 Å². The molecule has 1 unspecified atom stereocenters. The summed E-state index contributed by atoms with van der Waals surface area (Å²) < 4.78 is 54.8. The van der Waals surface area contributed by atoms with Crippen LogP contribution in [-0.4, -0.2) is 56.5 Å². The van der Waals surface area contributed by atoms with Crippen molar-refractivity contribution in [1.29, 1.82) is 0 Å². The highest BCUT2D eigenvalue weighted by molar-refractivity contribution is 7.92. The number of sulfonamides is 1. The van der Waals surface area contributed by atoms with Gasteiger partial charge in [-0.05, 0) is 74.4 Å². The van der Waals surface area contributed by atoms with Crippen LogP contribution in [0.1, 0.15) is 31.9 Å². The maximum atomic E-state index is 14.6. The molecule has 9 nitrogen and oxygen atoms in total. The van der Waals surface area contributed by atoms with E-state index in [9.17, 15) is 22.4 Å². The number of halogens is 2. The summed E-state index contributed by atoms with van der Waals surface area (Å²) in [5, 5.41) is 3.37. The lowest BCUT2D eigenvalue weighted by molar-refractivity contribution is -0.140. The lowest BCUT2D eigenvalue weighted by Crippen LogP contribution is -2.56. The van der Waals surface area contributed by atoms with Crippen LogP contribution in [-0.2, 0) is 32.6 Å². The number of amides is 2. The first-order valence-electron chi connectivity index (χ1n) is 15.4. The van der Waals surface area contributed by atoms with Crippen molar-refractivity contribution in [3.63, 3.8) is 0 Å². The summed E-state index contributed by atoms with van der Waals surface area (Å²) in [6.45, 7) is 5.27. The maximum Gasteiger partial charge on any atom is 0.264 e. The Morgan fingerprint density at radius 3 is 2.21 bits per heavy atom. The van der Waals surface area contributed by atoms with E-state index in [2.05, 4.69) is 5.32 Å². The molecule has 1 N–H and O–H groups in total. The number of anilines is 1. The number of hydrogen-bond donors (Lipinski definition) is 1. The molecule has 12 heteroatoms. The highest BCUT2D eigenvalue weighted by Gasteiger charge is 2.36. The third-order valence-electron chi connectivity index (χ3n) is 7.56. The van der Waals surface area contributed by atoms with Gasteiger partial charge in [0.25, 0.3) is 10.0 Å². The zero-order valence-electron chi connectivity index (χ0n) is 26.9. The fraction of sp³-hybridized carbons (Fsp3) is 0.278. The molecule has 252 valence electrons. The summed E-state index contributed by atoms with van der Waals surface area (Å²) in [6.07, 6.45) is 0.143. The molecule has 5 rings (SSSR count). The first-order valence-corrected chi connectivity index (χ1v) is 17.2. The van der Waals surface area contributed by atoms with Gasteiger partial charge in [0.15, 0.2) is 11.5 Å². The van der Waals surface area contributed by atoms with Crippen molar-refractivity contribution >= 4 is 39.1 Å². The monoisotopic (exact) mass is 693 g/mol. The molecule has 1 aliphatic rings. The fourth-order valence-electron chi connectivity index (χ4n) is 5.26. The van der Waals surface area contributed by atoms with Crippen LogP contribution >= 0.6 is 11.6 Å². The molecule has 0 radical (unpaired) electrons. The van der Waals surface area contributed by atoms with Gasteiger partial charge in [0.2, 0.25) is 11.8 Å². The summed E-state index contributed by atoms with van der Waals surface area (Å²) in [5.41, 5.74) is 0.781. The normalized spacial score (nSPS) is 13.4. The van der Waals surface area contributed by atoms with Crippen molar-refractivity contribution in [2.24, 2.45) is 0 Å². The zero-order valence-corrected chi connectivity index (χ0v) is 28.4. The summed E-state index contributed by atoms with van der Waals surface area (Å²) in [4.78, 5) is 29.8. The van der Waals surface area contributed by atoms with Gasteiger partial charge >= 0.3 is 0 Å². The van der Waals surface area contributed by atoms with E-state index in [0.717, 1.165) is 22.0 Å². The predicted octanol–water partition coefficient (Wildman–Crippen LogP) is 6.00. The fourth-order valence-corrected chi connectivity index (χ4v) is 6.89. The molecule has 0 bridgehead atoms. The molecular weight excluding hydrogens is 657 g/mol. The number of rotatable bonds is 11. The highest BCUT2D eigenvalue weighted by Crippen LogP contribution is 2.34. The quantitative estimate of drug-likeness (QED) is 0.207. The van der Waals surface area contributed by atoms with Crippen molar-refractivity contribution in [3.05, 3.63) is 119 Å². The number of carbonyl (C=O) groups is 2. The van der Waals surface area contributed by atoms with Crippen LogP contribution in [0.4, 0.5) is 10.1 Å². The Morgan fingerprint density at radius 2 is 1.54 bits per heavy atom. The molecule has 0 aromatic heterocycles. The van der Waals surface area contributed by atoms with E-state index in [1.165, 1.54) is 35.2 Å². The summed E-state index contributed by atoms with van der Waals surface area (Å²) in [6, 6.07) is 24.1. The number of nitrogens with zero attached hydrogens (tertiary/aromatic N) is 2. The van der Waals surface area contributed by atoms with Crippen LogP contribution in [0, 0.1) is 5.82 Å². The van der Waals surface area contributed by atoms with Gasteiger partial charge in [-0.25, -0.2) is 12.8 Å². The second-order valence-electron chi connectivity index (χ2n) is 12.4. The molecular formula is C36H37ClFN3O6S. The molecule has 2 amide bonds. The van der Waals surface area contributed by atoms with Gasteiger partial charge in [-0.15, -0.1) is 0 Å². The standard InChI is InChI=1S/C36H37ClFN3O6S/c1-36(2,3)39-35(43)31(21-25-9-5-4-6-10-25)40(23-26-11-7-8-12-30(26)37)34(42)24-41(28-15-13-27(38)14-16-28)48(44,45)29-17-18-32-33(22-29)47-20-19-46-32/h4-18,22,31H,19-21,23-24H2,1-3H3,(H,39,43). The number of carbonyl (C=O) groups excluding carboxylic acids is 2. The third-order valence-corrected chi connectivity index (χ3v) is 9.70. The second-order valence-corrected chi connectivity index (χ2v) is 14.6. The van der Waals surface area contributed by atoms with Gasteiger partial charge in [0.1, 0.15) is 31.6 Å². The SMILES string of the molecule is CC(C)(C)NC(=O)C(Cc1ccccc1)N(Cc1ccccc1Cl)C(=O)CN(c1ccc(F)cc1)S(=O)(=O)c1ccc2c(c1)OCCO2. The average Bonchev–Trinajstić information content (AvgIpc) is 3.05. The van der Waals surface area contributed by atoms with Gasteiger partial charge in [-0.2, -0.15) is 0 Å². The Balaban J connectivity index is 1.59. The molecule has 0 aliphatic carbocycles. The first-order chi connectivity index (χ1) is 22.8. The predicted molar refractivity (Wildman–Crippen MR) is 182 cm³/mol. The lowest BCUT2D eigenvalue weighted by Gasteiger charge is -2.35. The van der Waals surface area contributed by atoms with E-state index in [1.807, 2.05) is 51.1 Å². The van der Waals surface area contributed by atoms with Crippen molar-refractivity contribution < 1.29 is 31.9 Å². The summed E-state index contributed by atoms with van der Waals surface area (Å²) in [5.74, 6) is -1.04. The Hall–Kier alpha value is -4.61. The van der Waals surface area contributed by atoms with E-state index in [1.54, 1.807) is 24.3 Å². The molecule has 1 heterocycles. The number of hydrogen-bond acceptors (Lipinski definition) is 6. The van der Waals surface area contributed by atoms with Crippen molar-refractivity contribution in [2.75, 3.05) is 24.1 Å². The van der Waals surface area contributed by atoms with E-state index >= 15 is 0 Å². The summed E-state index contributed by atoms with van der Waals surface area (Å²) in [7, 11) is -4.44.